The molecule has 2 aromatic heterocycles. The van der Waals surface area contributed by atoms with Crippen LogP contribution in [0.4, 0.5) is 5.82 Å². The zero-order valence-electron chi connectivity index (χ0n) is 9.49. The van der Waals surface area contributed by atoms with E-state index in [-0.39, 0.29) is 5.69 Å². The number of anilines is 1. The summed E-state index contributed by atoms with van der Waals surface area (Å²) in [6, 6.07) is 5.64. The van der Waals surface area contributed by atoms with Gasteiger partial charge in [-0.1, -0.05) is 6.07 Å². The number of aryl methyl sites for hydroxylation is 1. The van der Waals surface area contributed by atoms with Gasteiger partial charge in [0.25, 0.3) is 0 Å². The van der Waals surface area contributed by atoms with Crippen LogP contribution in [0.5, 0.6) is 0 Å². The van der Waals surface area contributed by atoms with Crippen LogP contribution in [0.25, 0.3) is 22.3 Å². The highest BCUT2D eigenvalue weighted by Crippen LogP contribution is 2.32. The van der Waals surface area contributed by atoms with Crippen LogP contribution in [0, 0.1) is 0 Å². The van der Waals surface area contributed by atoms with E-state index in [0.717, 1.165) is 26.8 Å². The first-order valence-electron chi connectivity index (χ1n) is 5.26. The van der Waals surface area contributed by atoms with Crippen molar-refractivity contribution in [1.29, 1.82) is 0 Å². The number of halogens is 1. The largest absolute Gasteiger partial charge is 0.381 e. The van der Waals surface area contributed by atoms with E-state index in [1.165, 1.54) is 0 Å². The molecule has 0 radical (unpaired) electrons. The average Bonchev–Trinajstić information content (AvgIpc) is 2.78. The smallest absolute Gasteiger partial charge is 0.323 e. The summed E-state index contributed by atoms with van der Waals surface area (Å²) >= 11 is 3.42. The van der Waals surface area contributed by atoms with Gasteiger partial charge in [0.05, 0.1) is 21.2 Å². The number of nitrogen functional groups attached to an aromatic ring is 1. The van der Waals surface area contributed by atoms with E-state index in [0.29, 0.717) is 5.82 Å². The molecule has 2 heterocycles. The lowest BCUT2D eigenvalue weighted by molar-refractivity contribution is 0.780. The molecule has 0 saturated carbocycles. The van der Waals surface area contributed by atoms with E-state index in [2.05, 4.69) is 31.0 Å². The highest BCUT2D eigenvalue weighted by atomic mass is 79.9. The molecule has 18 heavy (non-hydrogen) atoms. The Kier molecular flexibility index (Phi) is 2.30. The van der Waals surface area contributed by atoms with Crippen LogP contribution < -0.4 is 11.4 Å². The van der Waals surface area contributed by atoms with Crippen LogP contribution in [-0.2, 0) is 7.05 Å². The second-order valence-electron chi connectivity index (χ2n) is 4.01. The Labute approximate surface area is 110 Å². The van der Waals surface area contributed by atoms with Gasteiger partial charge in [0, 0.05) is 12.6 Å². The topological polar surface area (TPSA) is 92.5 Å². The van der Waals surface area contributed by atoms with Gasteiger partial charge >= 0.3 is 5.69 Å². The lowest BCUT2D eigenvalue weighted by Gasteiger charge is -2.02. The van der Waals surface area contributed by atoms with Crippen LogP contribution >= 0.6 is 15.9 Å². The van der Waals surface area contributed by atoms with Gasteiger partial charge < -0.3 is 15.7 Å². The number of nitrogens with two attached hydrogens (primary N) is 1. The minimum Gasteiger partial charge on any atom is -0.381 e. The third kappa shape index (κ3) is 1.55. The molecule has 0 saturated heterocycles. The predicted molar refractivity (Wildman–Crippen MR) is 73.2 cm³/mol. The molecule has 4 N–H and O–H groups in total. The quantitative estimate of drug-likeness (QED) is 0.637. The van der Waals surface area contributed by atoms with Crippen molar-refractivity contribution >= 4 is 32.8 Å². The molecule has 0 aliphatic rings. The van der Waals surface area contributed by atoms with E-state index in [4.69, 9.17) is 5.73 Å². The second kappa shape index (κ2) is 3.74. The molecule has 0 bridgehead atoms. The monoisotopic (exact) mass is 307 g/mol. The average molecular weight is 308 g/mol. The fraction of sp³-hybridized carbons (Fsp3) is 0.0909. The van der Waals surface area contributed by atoms with E-state index in [9.17, 15) is 4.79 Å². The first kappa shape index (κ1) is 11.1. The maximum atomic E-state index is 11.2. The Morgan fingerprint density at radius 2 is 2.06 bits per heavy atom. The SMILES string of the molecule is Cn1nc(N)c(Br)c1-c1ccc2[nH]c(=O)[nH]c2c1. The lowest BCUT2D eigenvalue weighted by atomic mass is 10.1. The van der Waals surface area contributed by atoms with Gasteiger partial charge in [0.15, 0.2) is 5.82 Å². The fourth-order valence-electron chi connectivity index (χ4n) is 2.01. The number of rotatable bonds is 1. The molecular formula is C11H10BrN5O. The molecule has 0 aliphatic heterocycles. The van der Waals surface area contributed by atoms with Crippen LogP contribution in [-0.4, -0.2) is 19.7 Å². The Bertz CT molecular complexity index is 797. The maximum absolute atomic E-state index is 11.2. The fourth-order valence-corrected chi connectivity index (χ4v) is 2.58. The summed E-state index contributed by atoms with van der Waals surface area (Å²) in [5, 5.41) is 4.14. The molecule has 92 valence electrons. The van der Waals surface area contributed by atoms with Crippen molar-refractivity contribution in [3.63, 3.8) is 0 Å². The van der Waals surface area contributed by atoms with Gasteiger partial charge in [-0.15, -0.1) is 0 Å². The number of hydrogen-bond donors (Lipinski definition) is 3. The molecule has 0 fully saturated rings. The predicted octanol–water partition coefficient (Wildman–Crippen LogP) is 1.60. The Morgan fingerprint density at radius 1 is 1.33 bits per heavy atom. The van der Waals surface area contributed by atoms with Gasteiger partial charge in [-0.2, -0.15) is 5.10 Å². The summed E-state index contributed by atoms with van der Waals surface area (Å²) in [5.41, 5.74) is 8.86. The highest BCUT2D eigenvalue weighted by Gasteiger charge is 2.14. The molecule has 0 spiro atoms. The minimum atomic E-state index is -0.217. The lowest BCUT2D eigenvalue weighted by Crippen LogP contribution is -1.99. The number of H-pyrrole nitrogens is 2. The van der Waals surface area contributed by atoms with E-state index in [1.807, 2.05) is 25.2 Å². The number of imidazole rings is 1. The van der Waals surface area contributed by atoms with Gasteiger partial charge in [0.1, 0.15) is 0 Å². The summed E-state index contributed by atoms with van der Waals surface area (Å²) in [7, 11) is 1.82. The molecule has 3 rings (SSSR count). The molecule has 1 aromatic carbocycles. The van der Waals surface area contributed by atoms with Crippen molar-refractivity contribution in [1.82, 2.24) is 19.7 Å². The summed E-state index contributed by atoms with van der Waals surface area (Å²) in [4.78, 5) is 16.6. The van der Waals surface area contributed by atoms with E-state index < -0.39 is 0 Å². The number of benzene rings is 1. The van der Waals surface area contributed by atoms with Gasteiger partial charge in [0.2, 0.25) is 0 Å². The molecule has 0 aliphatic carbocycles. The van der Waals surface area contributed by atoms with Gasteiger partial charge in [-0.3, -0.25) is 4.68 Å². The summed E-state index contributed by atoms with van der Waals surface area (Å²) in [5.74, 6) is 0.440. The summed E-state index contributed by atoms with van der Waals surface area (Å²) in [6.07, 6.45) is 0. The first-order valence-corrected chi connectivity index (χ1v) is 6.06. The van der Waals surface area contributed by atoms with Crippen molar-refractivity contribution < 1.29 is 0 Å². The standard InChI is InChI=1S/C11H10BrN5O/c1-17-9(8(12)10(13)16-17)5-2-3-6-7(4-5)15-11(18)14-6/h2-4H,1H3,(H2,13,16)(H2,14,15,18). The number of aromatic amines is 2. The van der Waals surface area contributed by atoms with Crippen molar-refractivity contribution in [3.05, 3.63) is 33.2 Å². The summed E-state index contributed by atoms with van der Waals surface area (Å²) < 4.78 is 2.45. The van der Waals surface area contributed by atoms with E-state index in [1.54, 1.807) is 4.68 Å². The van der Waals surface area contributed by atoms with Crippen LogP contribution in [0.2, 0.25) is 0 Å². The van der Waals surface area contributed by atoms with E-state index >= 15 is 0 Å². The van der Waals surface area contributed by atoms with Gasteiger partial charge in [-0.25, -0.2) is 4.79 Å². The second-order valence-corrected chi connectivity index (χ2v) is 4.80. The Balaban J connectivity index is 2.28. The van der Waals surface area contributed by atoms with Crippen LogP contribution in [0.15, 0.2) is 27.5 Å². The summed E-state index contributed by atoms with van der Waals surface area (Å²) in [6.45, 7) is 0. The molecule has 7 heteroatoms. The minimum absolute atomic E-state index is 0.217. The number of nitrogens with one attached hydrogen (secondary N) is 2. The van der Waals surface area contributed by atoms with Gasteiger partial charge in [-0.05, 0) is 28.1 Å². The third-order valence-corrected chi connectivity index (χ3v) is 3.59. The molecule has 0 unspecified atom stereocenters. The normalized spacial score (nSPS) is 11.2. The molecule has 0 atom stereocenters. The van der Waals surface area contributed by atoms with Crippen molar-refractivity contribution in [2.24, 2.45) is 7.05 Å². The number of nitrogens with zero attached hydrogens (tertiary/aromatic N) is 2. The van der Waals surface area contributed by atoms with Crippen molar-refractivity contribution in [3.8, 4) is 11.3 Å². The number of hydrogen-bond acceptors (Lipinski definition) is 3. The molecule has 0 amide bonds. The van der Waals surface area contributed by atoms with Crippen molar-refractivity contribution in [2.45, 2.75) is 0 Å². The molecule has 6 nitrogen and oxygen atoms in total. The molecular weight excluding hydrogens is 298 g/mol. The van der Waals surface area contributed by atoms with Crippen LogP contribution in [0.1, 0.15) is 0 Å². The van der Waals surface area contributed by atoms with Crippen LogP contribution in [0.3, 0.4) is 0 Å². The zero-order chi connectivity index (χ0) is 12.9. The number of fused-ring (bicyclic) bond motifs is 1. The molecule has 3 aromatic rings. The number of aromatic nitrogens is 4. The third-order valence-electron chi connectivity index (χ3n) is 2.80. The maximum Gasteiger partial charge on any atom is 0.323 e. The zero-order valence-corrected chi connectivity index (χ0v) is 11.1. The highest BCUT2D eigenvalue weighted by molar-refractivity contribution is 9.10. The Morgan fingerprint density at radius 3 is 2.72 bits per heavy atom. The van der Waals surface area contributed by atoms with Crippen molar-refractivity contribution in [2.75, 3.05) is 5.73 Å². The first-order chi connectivity index (χ1) is 8.56. The Hall–Kier alpha value is -2.02.